The summed E-state index contributed by atoms with van der Waals surface area (Å²) in [6.07, 6.45) is -0.608. The number of piperazine rings is 1. The number of aliphatic hydroxyl groups excluding tert-OH is 1. The van der Waals surface area contributed by atoms with Crippen LogP contribution in [-0.2, 0) is 0 Å². The topological polar surface area (TPSA) is 62.2 Å². The highest BCUT2D eigenvalue weighted by Gasteiger charge is 2.20. The predicted molar refractivity (Wildman–Crippen MR) is 114 cm³/mol. The Morgan fingerprint density at radius 2 is 1.79 bits per heavy atom. The van der Waals surface area contributed by atoms with Gasteiger partial charge in [0.1, 0.15) is 24.2 Å². The van der Waals surface area contributed by atoms with Gasteiger partial charge in [-0.1, -0.05) is 11.6 Å². The van der Waals surface area contributed by atoms with Crippen LogP contribution in [0.1, 0.15) is 22.8 Å². The Morgan fingerprint density at radius 3 is 2.41 bits per heavy atom. The molecule has 0 unspecified atom stereocenters. The first-order valence-electron chi connectivity index (χ1n) is 10.00. The van der Waals surface area contributed by atoms with E-state index in [0.29, 0.717) is 17.9 Å². The lowest BCUT2D eigenvalue weighted by Gasteiger charge is -2.36. The van der Waals surface area contributed by atoms with Gasteiger partial charge in [0.2, 0.25) is 0 Å². The first-order valence-corrected chi connectivity index (χ1v) is 10.00. The second-order valence-electron chi connectivity index (χ2n) is 7.51. The number of rotatable bonds is 8. The Kier molecular flexibility index (Phi) is 7.12. The molecule has 156 valence electrons. The van der Waals surface area contributed by atoms with Gasteiger partial charge in [-0.25, -0.2) is 0 Å². The molecule has 1 heterocycles. The lowest BCUT2D eigenvalue weighted by molar-refractivity contribution is 0.0656. The van der Waals surface area contributed by atoms with Crippen molar-refractivity contribution >= 4 is 11.5 Å². The Morgan fingerprint density at radius 1 is 1.10 bits per heavy atom. The number of ether oxygens (including phenoxy) is 2. The zero-order valence-corrected chi connectivity index (χ0v) is 17.4. The number of Topliss-reactive ketones (excluding diaryl/α,β-unsaturated/α-hetero) is 1. The van der Waals surface area contributed by atoms with Crippen molar-refractivity contribution in [2.75, 3.05) is 51.3 Å². The van der Waals surface area contributed by atoms with E-state index >= 15 is 0 Å². The van der Waals surface area contributed by atoms with Crippen molar-refractivity contribution in [3.8, 4) is 11.5 Å². The highest BCUT2D eigenvalue weighted by Crippen LogP contribution is 2.22. The highest BCUT2D eigenvalue weighted by atomic mass is 16.5. The molecule has 1 fully saturated rings. The van der Waals surface area contributed by atoms with Gasteiger partial charge < -0.3 is 19.5 Å². The third-order valence-electron chi connectivity index (χ3n) is 5.22. The molecule has 1 N–H and O–H groups in total. The molecule has 0 aliphatic carbocycles. The first-order chi connectivity index (χ1) is 14.0. The summed E-state index contributed by atoms with van der Waals surface area (Å²) in [4.78, 5) is 16.4. The molecule has 0 bridgehead atoms. The number of aryl methyl sites for hydroxylation is 1. The second-order valence-corrected chi connectivity index (χ2v) is 7.51. The zero-order valence-electron chi connectivity index (χ0n) is 17.4. The standard InChI is InChI=1S/C23H30N2O4/c1-17-4-9-23(22(14-17)18(2)26)29-16-20(27)15-24-10-12-25(13-11-24)19-5-7-21(28-3)8-6-19/h4-9,14,20,27H,10-13,15-16H2,1-3H3/t20-/m1/s1. The summed E-state index contributed by atoms with van der Waals surface area (Å²) in [5.74, 6) is 1.36. The lowest BCUT2D eigenvalue weighted by atomic mass is 10.1. The van der Waals surface area contributed by atoms with E-state index in [2.05, 4.69) is 21.9 Å². The van der Waals surface area contributed by atoms with Crippen LogP contribution in [0.25, 0.3) is 0 Å². The third kappa shape index (κ3) is 5.71. The fourth-order valence-electron chi connectivity index (χ4n) is 3.56. The summed E-state index contributed by atoms with van der Waals surface area (Å²) < 4.78 is 11.0. The molecule has 1 atom stereocenters. The van der Waals surface area contributed by atoms with Gasteiger partial charge in [0.25, 0.3) is 0 Å². The van der Waals surface area contributed by atoms with Crippen molar-refractivity contribution in [3.05, 3.63) is 53.6 Å². The minimum atomic E-state index is -0.608. The van der Waals surface area contributed by atoms with Crippen molar-refractivity contribution in [2.24, 2.45) is 0 Å². The zero-order chi connectivity index (χ0) is 20.8. The van der Waals surface area contributed by atoms with Gasteiger partial charge in [0.05, 0.1) is 12.7 Å². The molecule has 2 aromatic rings. The molecule has 0 radical (unpaired) electrons. The Balaban J connectivity index is 1.46. The van der Waals surface area contributed by atoms with Crippen LogP contribution in [0.5, 0.6) is 11.5 Å². The van der Waals surface area contributed by atoms with E-state index in [4.69, 9.17) is 9.47 Å². The van der Waals surface area contributed by atoms with Gasteiger partial charge in [-0.3, -0.25) is 9.69 Å². The summed E-state index contributed by atoms with van der Waals surface area (Å²) in [5.41, 5.74) is 2.76. The molecule has 1 saturated heterocycles. The fraction of sp³-hybridized carbons (Fsp3) is 0.435. The molecule has 0 amide bonds. The average molecular weight is 399 g/mol. The number of ketones is 1. The maximum Gasteiger partial charge on any atom is 0.163 e. The Bertz CT molecular complexity index is 814. The van der Waals surface area contributed by atoms with E-state index in [1.54, 1.807) is 13.2 Å². The normalized spacial score (nSPS) is 15.8. The number of hydrogen-bond donors (Lipinski definition) is 1. The number of aliphatic hydroxyl groups is 1. The van der Waals surface area contributed by atoms with Gasteiger partial charge in [0.15, 0.2) is 5.78 Å². The van der Waals surface area contributed by atoms with Gasteiger partial charge in [-0.05, 0) is 50.2 Å². The van der Waals surface area contributed by atoms with Gasteiger partial charge in [-0.15, -0.1) is 0 Å². The van der Waals surface area contributed by atoms with Crippen LogP contribution in [-0.4, -0.2) is 68.3 Å². The molecule has 1 aliphatic rings. The van der Waals surface area contributed by atoms with Crippen LogP contribution in [0.2, 0.25) is 0 Å². The molecule has 0 aromatic heterocycles. The number of methoxy groups -OCH3 is 1. The summed E-state index contributed by atoms with van der Waals surface area (Å²) in [6, 6.07) is 13.6. The number of benzene rings is 2. The van der Waals surface area contributed by atoms with E-state index in [0.717, 1.165) is 37.5 Å². The van der Waals surface area contributed by atoms with Crippen molar-refractivity contribution in [1.29, 1.82) is 0 Å². The molecule has 29 heavy (non-hydrogen) atoms. The number of carbonyl (C=O) groups excluding carboxylic acids is 1. The molecule has 2 aromatic carbocycles. The lowest BCUT2D eigenvalue weighted by Crippen LogP contribution is -2.49. The van der Waals surface area contributed by atoms with Crippen LogP contribution in [0, 0.1) is 6.92 Å². The second kappa shape index (κ2) is 9.76. The smallest absolute Gasteiger partial charge is 0.163 e. The van der Waals surface area contributed by atoms with Crippen molar-refractivity contribution in [3.63, 3.8) is 0 Å². The van der Waals surface area contributed by atoms with Crippen LogP contribution in [0.15, 0.2) is 42.5 Å². The summed E-state index contributed by atoms with van der Waals surface area (Å²) in [7, 11) is 1.67. The van der Waals surface area contributed by atoms with Crippen molar-refractivity contribution < 1.29 is 19.4 Å². The SMILES string of the molecule is COc1ccc(N2CCN(C[C@@H](O)COc3ccc(C)cc3C(C)=O)CC2)cc1. The third-order valence-corrected chi connectivity index (χ3v) is 5.22. The van der Waals surface area contributed by atoms with E-state index in [1.165, 1.54) is 12.6 Å². The van der Waals surface area contributed by atoms with Gasteiger partial charge >= 0.3 is 0 Å². The quantitative estimate of drug-likeness (QED) is 0.690. The molecule has 6 nitrogen and oxygen atoms in total. The van der Waals surface area contributed by atoms with Crippen LogP contribution in [0.4, 0.5) is 5.69 Å². The Labute approximate surface area is 172 Å². The molecule has 3 rings (SSSR count). The van der Waals surface area contributed by atoms with Crippen LogP contribution < -0.4 is 14.4 Å². The van der Waals surface area contributed by atoms with Crippen LogP contribution in [0.3, 0.4) is 0 Å². The molecule has 0 spiro atoms. The average Bonchev–Trinajstić information content (AvgIpc) is 2.73. The molecule has 1 aliphatic heterocycles. The van der Waals surface area contributed by atoms with E-state index < -0.39 is 6.10 Å². The van der Waals surface area contributed by atoms with Crippen LogP contribution >= 0.6 is 0 Å². The molecule has 0 saturated carbocycles. The number of carbonyl (C=O) groups is 1. The first kappa shape index (κ1) is 21.1. The Hall–Kier alpha value is -2.57. The number of hydrogen-bond acceptors (Lipinski definition) is 6. The summed E-state index contributed by atoms with van der Waals surface area (Å²) in [6.45, 7) is 7.77. The molecular weight excluding hydrogens is 368 g/mol. The van der Waals surface area contributed by atoms with Crippen molar-refractivity contribution in [2.45, 2.75) is 20.0 Å². The summed E-state index contributed by atoms with van der Waals surface area (Å²) >= 11 is 0. The van der Waals surface area contributed by atoms with Crippen molar-refractivity contribution in [1.82, 2.24) is 4.90 Å². The number of nitrogens with zero attached hydrogens (tertiary/aromatic N) is 2. The van der Waals surface area contributed by atoms with Gasteiger partial charge in [-0.2, -0.15) is 0 Å². The number of β-amino-alcohol motifs (C(OH)–C–C–N with tert-alkyl or cyclic N) is 1. The minimum Gasteiger partial charge on any atom is -0.497 e. The maximum absolute atomic E-state index is 11.8. The highest BCUT2D eigenvalue weighted by molar-refractivity contribution is 5.97. The van der Waals surface area contributed by atoms with E-state index in [-0.39, 0.29) is 12.4 Å². The molecule has 6 heteroatoms. The van der Waals surface area contributed by atoms with E-state index in [1.807, 2.05) is 31.2 Å². The maximum atomic E-state index is 11.8. The molecular formula is C23H30N2O4. The largest absolute Gasteiger partial charge is 0.497 e. The van der Waals surface area contributed by atoms with Gasteiger partial charge in [0, 0.05) is 38.4 Å². The summed E-state index contributed by atoms with van der Waals surface area (Å²) in [5, 5.41) is 10.4. The fourth-order valence-corrected chi connectivity index (χ4v) is 3.56. The predicted octanol–water partition coefficient (Wildman–Crippen LogP) is 2.77. The monoisotopic (exact) mass is 398 g/mol. The minimum absolute atomic E-state index is 0.0344. The van der Waals surface area contributed by atoms with E-state index in [9.17, 15) is 9.90 Å². The number of anilines is 1.